The summed E-state index contributed by atoms with van der Waals surface area (Å²) in [6.07, 6.45) is 6.85. The molecule has 0 saturated carbocycles. The monoisotopic (exact) mass is 431 g/mol. The van der Waals surface area contributed by atoms with Crippen LogP contribution in [0.5, 0.6) is 0 Å². The van der Waals surface area contributed by atoms with Crippen molar-refractivity contribution in [3.8, 4) is 5.82 Å². The lowest BCUT2D eigenvalue weighted by atomic mass is 10.1. The third kappa shape index (κ3) is 5.72. The maximum atomic E-state index is 12.4. The topological polar surface area (TPSA) is 87.4 Å². The molecule has 1 aromatic carbocycles. The van der Waals surface area contributed by atoms with Gasteiger partial charge in [-0.15, -0.1) is 0 Å². The minimum Gasteiger partial charge on any atom is -0.356 e. The zero-order valence-corrected chi connectivity index (χ0v) is 18.3. The second kappa shape index (κ2) is 10.6. The van der Waals surface area contributed by atoms with E-state index in [2.05, 4.69) is 37.8 Å². The highest BCUT2D eigenvalue weighted by atomic mass is 16.2. The first-order valence-electron chi connectivity index (χ1n) is 10.9. The number of guanidine groups is 1. The summed E-state index contributed by atoms with van der Waals surface area (Å²) < 4.78 is 1.73. The minimum absolute atomic E-state index is 0.235. The third-order valence-electron chi connectivity index (χ3n) is 5.60. The van der Waals surface area contributed by atoms with E-state index in [0.717, 1.165) is 36.9 Å². The number of pyridine rings is 1. The predicted molar refractivity (Wildman–Crippen MR) is 124 cm³/mol. The van der Waals surface area contributed by atoms with E-state index in [1.807, 2.05) is 47.5 Å². The molecule has 2 N–H and O–H groups in total. The van der Waals surface area contributed by atoms with E-state index < -0.39 is 0 Å². The van der Waals surface area contributed by atoms with Crippen LogP contribution in [0.4, 0.5) is 0 Å². The molecule has 1 atom stereocenters. The lowest BCUT2D eigenvalue weighted by Gasteiger charge is -2.18. The van der Waals surface area contributed by atoms with Crippen molar-refractivity contribution in [1.29, 1.82) is 0 Å². The van der Waals surface area contributed by atoms with Gasteiger partial charge in [-0.2, -0.15) is 5.10 Å². The Morgan fingerprint density at radius 1 is 1.12 bits per heavy atom. The zero-order chi connectivity index (χ0) is 22.2. The predicted octanol–water partition coefficient (Wildman–Crippen LogP) is 2.02. The Bertz CT molecular complexity index is 1030. The summed E-state index contributed by atoms with van der Waals surface area (Å²) in [6, 6.07) is 16.1. The van der Waals surface area contributed by atoms with Crippen LogP contribution in [0.1, 0.15) is 17.5 Å². The van der Waals surface area contributed by atoms with Gasteiger partial charge in [-0.05, 0) is 35.7 Å². The van der Waals surface area contributed by atoms with Crippen molar-refractivity contribution in [2.75, 3.05) is 26.7 Å². The smallest absolute Gasteiger partial charge is 0.223 e. The van der Waals surface area contributed by atoms with Gasteiger partial charge < -0.3 is 15.5 Å². The molecule has 3 heterocycles. The van der Waals surface area contributed by atoms with Crippen molar-refractivity contribution in [3.05, 3.63) is 78.2 Å². The number of nitrogens with zero attached hydrogens (tertiary/aromatic N) is 5. The van der Waals surface area contributed by atoms with Gasteiger partial charge in [0.25, 0.3) is 0 Å². The standard InChI is InChI=1S/C24H29N7O/c1-25-24(27-16-20-8-11-26-22(14-20)31-12-5-10-29-31)28-17-21-15-23(32)30(18-21)13-9-19-6-3-2-4-7-19/h2-8,10-12,14,21H,9,13,15-18H2,1H3,(H2,25,27,28). The van der Waals surface area contributed by atoms with E-state index in [9.17, 15) is 4.79 Å². The summed E-state index contributed by atoms with van der Waals surface area (Å²) in [5.74, 6) is 2.01. The number of nitrogens with one attached hydrogen (secondary N) is 2. The lowest BCUT2D eigenvalue weighted by molar-refractivity contribution is -0.127. The molecular weight excluding hydrogens is 402 g/mol. The van der Waals surface area contributed by atoms with E-state index in [-0.39, 0.29) is 11.8 Å². The van der Waals surface area contributed by atoms with Crippen molar-refractivity contribution >= 4 is 11.9 Å². The third-order valence-corrected chi connectivity index (χ3v) is 5.60. The second-order valence-electron chi connectivity index (χ2n) is 7.93. The summed E-state index contributed by atoms with van der Waals surface area (Å²) in [6.45, 7) is 2.88. The van der Waals surface area contributed by atoms with Crippen molar-refractivity contribution < 1.29 is 4.79 Å². The molecule has 0 spiro atoms. The molecule has 0 radical (unpaired) electrons. The second-order valence-corrected chi connectivity index (χ2v) is 7.93. The highest BCUT2D eigenvalue weighted by Crippen LogP contribution is 2.17. The molecule has 1 amide bonds. The number of hydrogen-bond donors (Lipinski definition) is 2. The summed E-state index contributed by atoms with van der Waals surface area (Å²) in [5.41, 5.74) is 2.34. The van der Waals surface area contributed by atoms with Crippen LogP contribution >= 0.6 is 0 Å². The average Bonchev–Trinajstić information content (AvgIpc) is 3.49. The molecule has 1 saturated heterocycles. The molecule has 1 aliphatic rings. The minimum atomic E-state index is 0.235. The van der Waals surface area contributed by atoms with Crippen molar-refractivity contribution in [3.63, 3.8) is 0 Å². The largest absolute Gasteiger partial charge is 0.356 e. The molecule has 0 aliphatic carbocycles. The Morgan fingerprint density at radius 2 is 2.00 bits per heavy atom. The summed E-state index contributed by atoms with van der Waals surface area (Å²) in [4.78, 5) is 23.0. The van der Waals surface area contributed by atoms with E-state index in [1.54, 1.807) is 24.1 Å². The Hall–Kier alpha value is -3.68. The van der Waals surface area contributed by atoms with Crippen LogP contribution in [0.15, 0.2) is 72.1 Å². The molecule has 32 heavy (non-hydrogen) atoms. The molecule has 1 aliphatic heterocycles. The van der Waals surface area contributed by atoms with Gasteiger partial charge in [0.15, 0.2) is 11.8 Å². The average molecular weight is 432 g/mol. The Morgan fingerprint density at radius 3 is 2.78 bits per heavy atom. The van der Waals surface area contributed by atoms with Crippen LogP contribution in [0.2, 0.25) is 0 Å². The molecule has 1 unspecified atom stereocenters. The van der Waals surface area contributed by atoms with Gasteiger partial charge in [-0.3, -0.25) is 9.79 Å². The Balaban J connectivity index is 1.23. The highest BCUT2D eigenvalue weighted by Gasteiger charge is 2.29. The van der Waals surface area contributed by atoms with E-state index in [0.29, 0.717) is 19.5 Å². The van der Waals surface area contributed by atoms with Crippen LogP contribution in [0.3, 0.4) is 0 Å². The van der Waals surface area contributed by atoms with E-state index in [1.165, 1.54) is 5.56 Å². The van der Waals surface area contributed by atoms with Crippen molar-refractivity contribution in [2.24, 2.45) is 10.9 Å². The van der Waals surface area contributed by atoms with Crippen LogP contribution in [0.25, 0.3) is 5.82 Å². The molecule has 0 bridgehead atoms. The summed E-state index contributed by atoms with van der Waals surface area (Å²) in [7, 11) is 1.75. The summed E-state index contributed by atoms with van der Waals surface area (Å²) in [5, 5.41) is 10.9. The SMILES string of the molecule is CN=C(NCc1ccnc(-n2cccn2)c1)NCC1CC(=O)N(CCc2ccccc2)C1. The lowest BCUT2D eigenvalue weighted by Crippen LogP contribution is -2.40. The molecule has 4 rings (SSSR count). The number of carbonyl (C=O) groups is 1. The van der Waals surface area contributed by atoms with Crippen LogP contribution < -0.4 is 10.6 Å². The quantitative estimate of drug-likeness (QED) is 0.421. The van der Waals surface area contributed by atoms with Crippen molar-refractivity contribution in [2.45, 2.75) is 19.4 Å². The number of hydrogen-bond acceptors (Lipinski definition) is 4. The molecule has 8 heteroatoms. The first-order chi connectivity index (χ1) is 15.7. The first-order valence-corrected chi connectivity index (χ1v) is 10.9. The molecule has 166 valence electrons. The van der Waals surface area contributed by atoms with Crippen LogP contribution in [-0.2, 0) is 17.8 Å². The molecule has 1 fully saturated rings. The van der Waals surface area contributed by atoms with Gasteiger partial charge in [-0.25, -0.2) is 9.67 Å². The number of aromatic nitrogens is 3. The van der Waals surface area contributed by atoms with Gasteiger partial charge in [0.1, 0.15) is 0 Å². The highest BCUT2D eigenvalue weighted by molar-refractivity contribution is 5.80. The normalized spacial score (nSPS) is 16.4. The number of benzene rings is 1. The summed E-state index contributed by atoms with van der Waals surface area (Å²) >= 11 is 0. The Labute approximate surface area is 188 Å². The maximum absolute atomic E-state index is 12.4. The number of aliphatic imine (C=N–C) groups is 1. The Kier molecular flexibility index (Phi) is 7.12. The van der Waals surface area contributed by atoms with Crippen molar-refractivity contribution in [1.82, 2.24) is 30.3 Å². The van der Waals surface area contributed by atoms with Crippen LogP contribution in [0, 0.1) is 5.92 Å². The number of amides is 1. The van der Waals surface area contributed by atoms with E-state index >= 15 is 0 Å². The molecular formula is C24H29N7O. The fourth-order valence-corrected chi connectivity index (χ4v) is 3.86. The fourth-order valence-electron chi connectivity index (χ4n) is 3.86. The maximum Gasteiger partial charge on any atom is 0.223 e. The van der Waals surface area contributed by atoms with Gasteiger partial charge >= 0.3 is 0 Å². The van der Waals surface area contributed by atoms with Crippen LogP contribution in [-0.4, -0.2) is 58.2 Å². The fraction of sp³-hybridized carbons (Fsp3) is 0.333. The molecule has 8 nitrogen and oxygen atoms in total. The number of likely N-dealkylation sites (tertiary alicyclic amines) is 1. The van der Waals surface area contributed by atoms with Gasteiger partial charge in [0, 0.05) is 64.2 Å². The molecule has 3 aromatic rings. The van der Waals surface area contributed by atoms with Gasteiger partial charge in [0.2, 0.25) is 5.91 Å². The molecule has 2 aromatic heterocycles. The number of rotatable bonds is 8. The van der Waals surface area contributed by atoms with E-state index in [4.69, 9.17) is 0 Å². The number of carbonyl (C=O) groups excluding carboxylic acids is 1. The van der Waals surface area contributed by atoms with Gasteiger partial charge in [0.05, 0.1) is 0 Å². The first kappa shape index (κ1) is 21.5. The zero-order valence-electron chi connectivity index (χ0n) is 18.3. The van der Waals surface area contributed by atoms with Gasteiger partial charge in [-0.1, -0.05) is 30.3 Å².